The maximum absolute atomic E-state index is 12.6. The molecule has 5 nitrogen and oxygen atoms in total. The smallest absolute Gasteiger partial charge is 0.251 e. The lowest BCUT2D eigenvalue weighted by Gasteiger charge is -2.19. The van der Waals surface area contributed by atoms with E-state index in [1.165, 1.54) is 12.8 Å². The van der Waals surface area contributed by atoms with E-state index in [2.05, 4.69) is 17.1 Å². The number of rotatable bonds is 6. The van der Waals surface area contributed by atoms with Gasteiger partial charge in [0.05, 0.1) is 10.6 Å². The fourth-order valence-corrected chi connectivity index (χ4v) is 5.40. The maximum Gasteiger partial charge on any atom is 0.251 e. The van der Waals surface area contributed by atoms with Crippen LogP contribution in [0.1, 0.15) is 42.1 Å². The molecule has 1 aliphatic heterocycles. The third-order valence-electron chi connectivity index (χ3n) is 5.65. The molecule has 1 heterocycles. The number of nitrogens with zero attached hydrogens (tertiary/aromatic N) is 1. The van der Waals surface area contributed by atoms with Gasteiger partial charge in [-0.1, -0.05) is 30.3 Å². The summed E-state index contributed by atoms with van der Waals surface area (Å²) in [6.07, 6.45) is 3.53. The molecule has 2 unspecified atom stereocenters. The Hall–Kier alpha value is -2.18. The second kappa shape index (κ2) is 7.68. The van der Waals surface area contributed by atoms with Crippen molar-refractivity contribution in [3.05, 3.63) is 65.7 Å². The Morgan fingerprint density at radius 2 is 1.75 bits per heavy atom. The van der Waals surface area contributed by atoms with Gasteiger partial charge >= 0.3 is 0 Å². The van der Waals surface area contributed by atoms with E-state index in [1.54, 1.807) is 54.6 Å². The molecule has 1 N–H and O–H groups in total. The Balaban J connectivity index is 1.37. The first-order chi connectivity index (χ1) is 13.4. The van der Waals surface area contributed by atoms with Crippen LogP contribution in [0, 0.1) is 0 Å². The van der Waals surface area contributed by atoms with Crippen LogP contribution in [0.4, 0.5) is 0 Å². The lowest BCUT2D eigenvalue weighted by Crippen LogP contribution is -2.37. The molecule has 2 aromatic rings. The van der Waals surface area contributed by atoms with Gasteiger partial charge in [-0.15, -0.1) is 0 Å². The van der Waals surface area contributed by atoms with Crippen LogP contribution in [0.2, 0.25) is 0 Å². The van der Waals surface area contributed by atoms with E-state index in [1.807, 2.05) is 0 Å². The molecule has 148 valence electrons. The zero-order chi connectivity index (χ0) is 19.7. The minimum absolute atomic E-state index is 0.0740. The molecule has 4 rings (SSSR count). The standard InChI is InChI=1S/C22H26N2O3S/c1-16-13-19(14-24(16)20-11-12-20)23-22(25)18-9-7-17(8-10-18)15-28(26,27)21-5-3-2-4-6-21/h2-10,16,19-20H,11-15H2,1H3,(H,23,25). The lowest BCUT2D eigenvalue weighted by molar-refractivity contribution is 0.0937. The molecule has 0 aromatic heterocycles. The Kier molecular flexibility index (Phi) is 5.25. The number of likely N-dealkylation sites (tertiary alicyclic amines) is 1. The average Bonchev–Trinajstić information content (AvgIpc) is 3.46. The highest BCUT2D eigenvalue weighted by molar-refractivity contribution is 7.90. The topological polar surface area (TPSA) is 66.5 Å². The van der Waals surface area contributed by atoms with Crippen molar-refractivity contribution in [1.29, 1.82) is 0 Å². The SMILES string of the molecule is CC1CC(NC(=O)c2ccc(CS(=O)(=O)c3ccccc3)cc2)CN1C1CC1. The van der Waals surface area contributed by atoms with Crippen LogP contribution >= 0.6 is 0 Å². The van der Waals surface area contributed by atoms with Gasteiger partial charge < -0.3 is 5.32 Å². The first-order valence-electron chi connectivity index (χ1n) is 9.86. The molecule has 2 aliphatic rings. The minimum atomic E-state index is -3.39. The van der Waals surface area contributed by atoms with Crippen LogP contribution in [0.3, 0.4) is 0 Å². The van der Waals surface area contributed by atoms with Gasteiger partial charge in [-0.05, 0) is 56.0 Å². The largest absolute Gasteiger partial charge is 0.348 e. The second-order valence-corrected chi connectivity index (χ2v) is 9.94. The first-order valence-corrected chi connectivity index (χ1v) is 11.5. The number of benzene rings is 2. The highest BCUT2D eigenvalue weighted by Crippen LogP contribution is 2.33. The monoisotopic (exact) mass is 398 g/mol. The molecule has 28 heavy (non-hydrogen) atoms. The highest BCUT2D eigenvalue weighted by atomic mass is 32.2. The van der Waals surface area contributed by atoms with Crippen LogP contribution in [-0.4, -0.2) is 43.9 Å². The maximum atomic E-state index is 12.6. The molecule has 2 aromatic carbocycles. The molecular formula is C22H26N2O3S. The van der Waals surface area contributed by atoms with E-state index in [0.29, 0.717) is 28.1 Å². The fourth-order valence-electron chi connectivity index (χ4n) is 4.03. The average molecular weight is 399 g/mol. The van der Waals surface area contributed by atoms with Crippen molar-refractivity contribution in [3.8, 4) is 0 Å². The van der Waals surface area contributed by atoms with E-state index in [-0.39, 0.29) is 17.7 Å². The summed E-state index contributed by atoms with van der Waals surface area (Å²) in [6, 6.07) is 16.7. The van der Waals surface area contributed by atoms with E-state index >= 15 is 0 Å². The van der Waals surface area contributed by atoms with Crippen molar-refractivity contribution in [2.45, 2.75) is 55.0 Å². The van der Waals surface area contributed by atoms with Gasteiger partial charge in [-0.25, -0.2) is 8.42 Å². The molecule has 0 radical (unpaired) electrons. The Labute approximate surface area is 166 Å². The molecule has 1 saturated carbocycles. The molecule has 2 atom stereocenters. The van der Waals surface area contributed by atoms with Crippen molar-refractivity contribution in [2.24, 2.45) is 0 Å². The van der Waals surface area contributed by atoms with Gasteiger partial charge in [0.15, 0.2) is 9.84 Å². The van der Waals surface area contributed by atoms with Gasteiger partial charge in [0.25, 0.3) is 5.91 Å². The van der Waals surface area contributed by atoms with Crippen LogP contribution < -0.4 is 5.32 Å². The third kappa shape index (κ3) is 4.28. The van der Waals surface area contributed by atoms with Gasteiger partial charge in [-0.2, -0.15) is 0 Å². The molecule has 2 fully saturated rings. The second-order valence-electron chi connectivity index (χ2n) is 7.95. The highest BCUT2D eigenvalue weighted by Gasteiger charge is 2.39. The van der Waals surface area contributed by atoms with Gasteiger partial charge in [-0.3, -0.25) is 9.69 Å². The van der Waals surface area contributed by atoms with E-state index in [9.17, 15) is 13.2 Å². The lowest BCUT2D eigenvalue weighted by atomic mass is 10.1. The Morgan fingerprint density at radius 1 is 1.07 bits per heavy atom. The summed E-state index contributed by atoms with van der Waals surface area (Å²) in [5, 5.41) is 3.13. The zero-order valence-corrected chi connectivity index (χ0v) is 16.9. The van der Waals surface area contributed by atoms with Crippen molar-refractivity contribution >= 4 is 15.7 Å². The number of hydrogen-bond donors (Lipinski definition) is 1. The summed E-state index contributed by atoms with van der Waals surface area (Å²) in [6.45, 7) is 3.15. The van der Waals surface area contributed by atoms with Crippen LogP contribution in [0.5, 0.6) is 0 Å². The predicted molar refractivity (Wildman–Crippen MR) is 109 cm³/mol. The fraction of sp³-hybridized carbons (Fsp3) is 0.409. The summed E-state index contributed by atoms with van der Waals surface area (Å²) in [7, 11) is -3.39. The molecule has 6 heteroatoms. The van der Waals surface area contributed by atoms with E-state index < -0.39 is 9.84 Å². The molecule has 1 aliphatic carbocycles. The van der Waals surface area contributed by atoms with E-state index in [4.69, 9.17) is 0 Å². The number of nitrogens with one attached hydrogen (secondary N) is 1. The van der Waals surface area contributed by atoms with Gasteiger partial charge in [0.1, 0.15) is 0 Å². The van der Waals surface area contributed by atoms with Gasteiger partial charge in [0.2, 0.25) is 0 Å². The van der Waals surface area contributed by atoms with Crippen molar-refractivity contribution in [1.82, 2.24) is 10.2 Å². The number of carbonyl (C=O) groups excluding carboxylic acids is 1. The van der Waals surface area contributed by atoms with Crippen molar-refractivity contribution in [3.63, 3.8) is 0 Å². The van der Waals surface area contributed by atoms with Gasteiger partial charge in [0, 0.05) is 30.2 Å². The summed E-state index contributed by atoms with van der Waals surface area (Å²) < 4.78 is 25.0. The minimum Gasteiger partial charge on any atom is -0.348 e. The third-order valence-corrected chi connectivity index (χ3v) is 7.35. The zero-order valence-electron chi connectivity index (χ0n) is 16.0. The molecule has 0 spiro atoms. The number of hydrogen-bond acceptors (Lipinski definition) is 4. The molecule has 0 bridgehead atoms. The normalized spacial score (nSPS) is 22.9. The Bertz CT molecular complexity index is 938. The number of amides is 1. The summed E-state index contributed by atoms with van der Waals surface area (Å²) in [4.78, 5) is 15.4. The summed E-state index contributed by atoms with van der Waals surface area (Å²) in [5.41, 5.74) is 1.24. The Morgan fingerprint density at radius 3 is 2.39 bits per heavy atom. The number of carbonyl (C=O) groups is 1. The summed E-state index contributed by atoms with van der Waals surface area (Å²) >= 11 is 0. The molecule has 1 amide bonds. The quantitative estimate of drug-likeness (QED) is 0.812. The predicted octanol–water partition coefficient (Wildman–Crippen LogP) is 3.02. The first kappa shape index (κ1) is 19.2. The summed E-state index contributed by atoms with van der Waals surface area (Å²) in [5.74, 6) is -0.164. The van der Waals surface area contributed by atoms with Crippen molar-refractivity contribution < 1.29 is 13.2 Å². The van der Waals surface area contributed by atoms with Crippen LogP contribution in [0.15, 0.2) is 59.5 Å². The molecular weight excluding hydrogens is 372 g/mol. The van der Waals surface area contributed by atoms with E-state index in [0.717, 1.165) is 13.0 Å². The van der Waals surface area contributed by atoms with Crippen molar-refractivity contribution in [2.75, 3.05) is 6.54 Å². The number of sulfone groups is 1. The van der Waals surface area contributed by atoms with Crippen LogP contribution in [-0.2, 0) is 15.6 Å². The van der Waals surface area contributed by atoms with Crippen LogP contribution in [0.25, 0.3) is 0 Å². The molecule has 1 saturated heterocycles.